The highest BCUT2D eigenvalue weighted by atomic mass is 127. The molecule has 2 fully saturated rings. The fourth-order valence-electron chi connectivity index (χ4n) is 4.98. The molecule has 1 aromatic heterocycles. The van der Waals surface area contributed by atoms with Gasteiger partial charge in [0.1, 0.15) is 5.82 Å². The number of aromatic amines is 1. The van der Waals surface area contributed by atoms with E-state index in [1.54, 1.807) is 11.0 Å². The third kappa shape index (κ3) is 3.67. The van der Waals surface area contributed by atoms with E-state index in [0.717, 1.165) is 33.7 Å². The smallest absolute Gasteiger partial charge is 0.272 e. The molecule has 5 rings (SSSR count). The van der Waals surface area contributed by atoms with Crippen LogP contribution in [0.25, 0.3) is 10.9 Å². The van der Waals surface area contributed by atoms with Crippen LogP contribution in [0, 0.1) is 14.8 Å². The summed E-state index contributed by atoms with van der Waals surface area (Å²) in [5, 5.41) is 11.3. The molecule has 1 aliphatic carbocycles. The van der Waals surface area contributed by atoms with Crippen molar-refractivity contribution in [2.45, 2.75) is 38.1 Å². The van der Waals surface area contributed by atoms with Crippen LogP contribution in [0.4, 0.5) is 10.1 Å². The second-order valence-electron chi connectivity index (χ2n) is 8.57. The lowest BCUT2D eigenvalue weighted by Crippen LogP contribution is -2.44. The highest BCUT2D eigenvalue weighted by Gasteiger charge is 2.49. The fraction of sp³-hybridized carbons (Fsp3) is 0.348. The number of nitrogens with zero attached hydrogens (tertiary/aromatic N) is 2. The lowest BCUT2D eigenvalue weighted by molar-refractivity contribution is -0.127. The Bertz CT molecular complexity index is 1220. The van der Waals surface area contributed by atoms with Crippen LogP contribution in [-0.4, -0.2) is 34.6 Å². The molecule has 1 spiro atoms. The number of rotatable bonds is 3. The second-order valence-corrected chi connectivity index (χ2v) is 10.1. The quantitative estimate of drug-likeness (QED) is 0.436. The number of H-pyrrole nitrogens is 1. The first-order chi connectivity index (χ1) is 15.4. The summed E-state index contributed by atoms with van der Waals surface area (Å²) >= 11 is 8.40. The van der Waals surface area contributed by atoms with Crippen LogP contribution in [0.3, 0.4) is 0 Å². The Balaban J connectivity index is 1.26. The van der Waals surface area contributed by atoms with Crippen LogP contribution in [0.2, 0.25) is 5.02 Å². The van der Waals surface area contributed by atoms with Crippen LogP contribution < -0.4 is 10.2 Å². The highest BCUT2D eigenvalue weighted by molar-refractivity contribution is 14.1. The van der Waals surface area contributed by atoms with Gasteiger partial charge in [-0.1, -0.05) is 17.7 Å². The van der Waals surface area contributed by atoms with E-state index in [9.17, 15) is 14.0 Å². The molecule has 9 heteroatoms. The van der Waals surface area contributed by atoms with Crippen molar-refractivity contribution in [1.82, 2.24) is 15.5 Å². The number of amides is 2. The van der Waals surface area contributed by atoms with E-state index in [1.807, 2.05) is 18.2 Å². The first kappa shape index (κ1) is 21.6. The normalized spacial score (nSPS) is 23.3. The summed E-state index contributed by atoms with van der Waals surface area (Å²) in [4.78, 5) is 27.9. The van der Waals surface area contributed by atoms with Crippen LogP contribution in [0.1, 0.15) is 42.6 Å². The first-order valence-electron chi connectivity index (χ1n) is 10.6. The van der Waals surface area contributed by atoms with Crippen LogP contribution in [-0.2, 0) is 4.79 Å². The Morgan fingerprint density at radius 3 is 2.78 bits per heavy atom. The van der Waals surface area contributed by atoms with Crippen molar-refractivity contribution < 1.29 is 14.0 Å². The van der Waals surface area contributed by atoms with E-state index in [1.165, 1.54) is 12.1 Å². The van der Waals surface area contributed by atoms with Gasteiger partial charge >= 0.3 is 0 Å². The van der Waals surface area contributed by atoms with Gasteiger partial charge < -0.3 is 10.2 Å². The molecule has 2 amide bonds. The summed E-state index contributed by atoms with van der Waals surface area (Å²) in [6.45, 7) is 0.568. The molecule has 0 radical (unpaired) electrons. The fourth-order valence-corrected chi connectivity index (χ4v) is 6.00. The van der Waals surface area contributed by atoms with E-state index >= 15 is 0 Å². The summed E-state index contributed by atoms with van der Waals surface area (Å²) in [5.41, 5.74) is 1.36. The molecule has 1 aliphatic heterocycles. The Labute approximate surface area is 203 Å². The van der Waals surface area contributed by atoms with Crippen molar-refractivity contribution in [2.75, 3.05) is 11.4 Å². The minimum absolute atomic E-state index is 0.00231. The van der Waals surface area contributed by atoms with Crippen LogP contribution >= 0.6 is 34.2 Å². The number of hydrogen-bond donors (Lipinski definition) is 2. The molecule has 0 bridgehead atoms. The molecule has 1 saturated carbocycles. The number of nitrogens with one attached hydrogen (secondary N) is 2. The predicted octanol–water partition coefficient (Wildman–Crippen LogP) is 5.06. The standard InChI is InChI=1S/C23H21ClFIN4O2/c24-15-12-13(25)4-5-18(15)30-11-10-23(22(30)32)8-6-14(7-9-23)27-21(31)20-19-16(26)2-1-3-17(19)28-29-20/h1-5,12,14H,6-11H2,(H,27,31)(H,28,29)/t14-,23-. The van der Waals surface area contributed by atoms with Gasteiger partial charge in [0.2, 0.25) is 5.91 Å². The molecule has 0 unspecified atom stereocenters. The summed E-state index contributed by atoms with van der Waals surface area (Å²) in [6.07, 6.45) is 3.59. The molecule has 2 aromatic carbocycles. The summed E-state index contributed by atoms with van der Waals surface area (Å²) in [6, 6.07) is 9.90. The number of carbonyl (C=O) groups is 2. The zero-order valence-electron chi connectivity index (χ0n) is 17.1. The molecular weight excluding hydrogens is 546 g/mol. The number of aromatic nitrogens is 2. The zero-order chi connectivity index (χ0) is 22.5. The van der Waals surface area contributed by atoms with Crippen LogP contribution in [0.5, 0.6) is 0 Å². The maximum absolute atomic E-state index is 13.4. The second kappa shape index (κ2) is 8.30. The van der Waals surface area contributed by atoms with Gasteiger partial charge in [-0.25, -0.2) is 4.39 Å². The van der Waals surface area contributed by atoms with Gasteiger partial charge in [0.25, 0.3) is 5.91 Å². The molecule has 2 aliphatic rings. The molecule has 3 aromatic rings. The van der Waals surface area contributed by atoms with Gasteiger partial charge in [0.05, 0.1) is 21.6 Å². The Morgan fingerprint density at radius 2 is 2.03 bits per heavy atom. The highest BCUT2D eigenvalue weighted by Crippen LogP contribution is 2.47. The number of carbonyl (C=O) groups excluding carboxylic acids is 2. The van der Waals surface area contributed by atoms with Crippen molar-refractivity contribution in [1.29, 1.82) is 0 Å². The molecule has 2 N–H and O–H groups in total. The van der Waals surface area contributed by atoms with Gasteiger partial charge in [-0.15, -0.1) is 0 Å². The number of halogens is 3. The van der Waals surface area contributed by atoms with Crippen molar-refractivity contribution in [3.05, 3.63) is 56.5 Å². The maximum atomic E-state index is 13.4. The van der Waals surface area contributed by atoms with E-state index in [-0.39, 0.29) is 22.9 Å². The number of fused-ring (bicyclic) bond motifs is 1. The van der Waals surface area contributed by atoms with E-state index in [2.05, 4.69) is 38.1 Å². The summed E-state index contributed by atoms with van der Waals surface area (Å²) < 4.78 is 14.4. The topological polar surface area (TPSA) is 78.1 Å². The Kier molecular flexibility index (Phi) is 5.61. The van der Waals surface area contributed by atoms with Crippen LogP contribution in [0.15, 0.2) is 36.4 Å². The van der Waals surface area contributed by atoms with Gasteiger partial charge in [0, 0.05) is 21.5 Å². The summed E-state index contributed by atoms with van der Waals surface area (Å²) in [7, 11) is 0. The molecule has 0 atom stereocenters. The molecule has 1 saturated heterocycles. The predicted molar refractivity (Wildman–Crippen MR) is 129 cm³/mol. The summed E-state index contributed by atoms with van der Waals surface area (Å²) in [5.74, 6) is -0.571. The number of anilines is 1. The lowest BCUT2D eigenvalue weighted by atomic mass is 9.71. The third-order valence-electron chi connectivity index (χ3n) is 6.74. The SMILES string of the molecule is O=C(N[C@H]1CC[C@@]2(CCN(c3ccc(F)cc3Cl)C2=O)CC1)c1n[nH]c2cccc(I)c12. The first-order valence-corrected chi connectivity index (χ1v) is 12.0. The molecular formula is C23H21ClFIN4O2. The van der Waals surface area contributed by atoms with E-state index in [4.69, 9.17) is 11.6 Å². The minimum atomic E-state index is -0.437. The largest absolute Gasteiger partial charge is 0.348 e. The van der Waals surface area contributed by atoms with Gasteiger partial charge in [-0.2, -0.15) is 5.10 Å². The lowest BCUT2D eigenvalue weighted by Gasteiger charge is -2.36. The average molecular weight is 567 g/mol. The monoisotopic (exact) mass is 566 g/mol. The molecule has 166 valence electrons. The Morgan fingerprint density at radius 1 is 1.25 bits per heavy atom. The minimum Gasteiger partial charge on any atom is -0.348 e. The number of benzene rings is 2. The van der Waals surface area contributed by atoms with Crippen molar-refractivity contribution in [2.24, 2.45) is 5.41 Å². The molecule has 6 nitrogen and oxygen atoms in total. The zero-order valence-corrected chi connectivity index (χ0v) is 20.0. The Hall–Kier alpha value is -2.20. The molecule has 2 heterocycles. The molecule has 32 heavy (non-hydrogen) atoms. The van der Waals surface area contributed by atoms with E-state index < -0.39 is 11.2 Å². The van der Waals surface area contributed by atoms with E-state index in [0.29, 0.717) is 30.8 Å². The van der Waals surface area contributed by atoms with Crippen molar-refractivity contribution in [3.8, 4) is 0 Å². The van der Waals surface area contributed by atoms with Gasteiger partial charge in [-0.3, -0.25) is 14.7 Å². The third-order valence-corrected chi connectivity index (χ3v) is 7.95. The van der Waals surface area contributed by atoms with Crippen molar-refractivity contribution in [3.63, 3.8) is 0 Å². The van der Waals surface area contributed by atoms with Gasteiger partial charge in [-0.05, 0) is 85.0 Å². The average Bonchev–Trinajstić information content (AvgIpc) is 3.34. The van der Waals surface area contributed by atoms with Crippen molar-refractivity contribution >= 4 is 62.6 Å². The number of hydrogen-bond acceptors (Lipinski definition) is 3. The van der Waals surface area contributed by atoms with Gasteiger partial charge in [0.15, 0.2) is 5.69 Å². The maximum Gasteiger partial charge on any atom is 0.272 e.